The van der Waals surface area contributed by atoms with Crippen LogP contribution >= 0.6 is 10.7 Å². The van der Waals surface area contributed by atoms with Gasteiger partial charge in [-0.2, -0.15) is 0 Å². The molecule has 0 spiro atoms. The highest BCUT2D eigenvalue weighted by atomic mass is 35.7. The summed E-state index contributed by atoms with van der Waals surface area (Å²) in [6.07, 6.45) is 0. The maximum Gasteiger partial charge on any atom is 0.261 e. The molecule has 116 valence electrons. The van der Waals surface area contributed by atoms with Gasteiger partial charge in [-0.15, -0.1) is 0 Å². The second kappa shape index (κ2) is 7.53. The molecule has 0 aliphatic rings. The molecule has 1 N–H and O–H groups in total. The third-order valence-electron chi connectivity index (χ3n) is 2.30. The van der Waals surface area contributed by atoms with Gasteiger partial charge in [0.1, 0.15) is 5.82 Å². The van der Waals surface area contributed by atoms with E-state index >= 15 is 0 Å². The lowest BCUT2D eigenvalue weighted by Crippen LogP contribution is -2.27. The van der Waals surface area contributed by atoms with E-state index in [1.807, 2.05) is 0 Å². The number of benzene rings is 1. The lowest BCUT2D eigenvalue weighted by atomic mass is 10.2. The van der Waals surface area contributed by atoms with Crippen LogP contribution in [0.25, 0.3) is 0 Å². The molecule has 0 radical (unpaired) electrons. The zero-order chi connectivity index (χ0) is 16.0. The Bertz CT molecular complexity index is 646. The SMILES string of the molecule is C=C(C)COCCNC(=O)c1cc(F)cc(S(=O)(=O)Cl)c1. The van der Waals surface area contributed by atoms with Crippen LogP contribution in [0.1, 0.15) is 17.3 Å². The molecule has 0 saturated carbocycles. The number of nitrogens with one attached hydrogen (secondary N) is 1. The van der Waals surface area contributed by atoms with E-state index in [4.69, 9.17) is 15.4 Å². The molecule has 1 aromatic carbocycles. The summed E-state index contributed by atoms with van der Waals surface area (Å²) in [5.41, 5.74) is 0.720. The minimum atomic E-state index is -4.10. The molecule has 0 aromatic heterocycles. The topological polar surface area (TPSA) is 72.5 Å². The van der Waals surface area contributed by atoms with Crippen molar-refractivity contribution < 1.29 is 22.3 Å². The Hall–Kier alpha value is -1.44. The summed E-state index contributed by atoms with van der Waals surface area (Å²) in [6, 6.07) is 2.68. The third-order valence-corrected chi connectivity index (χ3v) is 3.63. The number of ether oxygens (including phenoxy) is 1. The average Bonchev–Trinajstić information content (AvgIpc) is 2.36. The van der Waals surface area contributed by atoms with Crippen LogP contribution in [0.5, 0.6) is 0 Å². The van der Waals surface area contributed by atoms with E-state index in [-0.39, 0.29) is 18.7 Å². The number of carbonyl (C=O) groups is 1. The van der Waals surface area contributed by atoms with Gasteiger partial charge in [-0.05, 0) is 25.1 Å². The molecule has 8 heteroatoms. The highest BCUT2D eigenvalue weighted by Gasteiger charge is 2.15. The second-order valence-electron chi connectivity index (χ2n) is 4.38. The molecule has 5 nitrogen and oxygen atoms in total. The van der Waals surface area contributed by atoms with Gasteiger partial charge in [0.25, 0.3) is 15.0 Å². The molecule has 1 amide bonds. The van der Waals surface area contributed by atoms with E-state index in [0.717, 1.165) is 23.8 Å². The van der Waals surface area contributed by atoms with E-state index in [0.29, 0.717) is 6.61 Å². The van der Waals surface area contributed by atoms with Crippen LogP contribution in [0.2, 0.25) is 0 Å². The maximum absolute atomic E-state index is 13.3. The first-order valence-corrected chi connectivity index (χ1v) is 8.26. The van der Waals surface area contributed by atoms with Gasteiger partial charge in [0, 0.05) is 22.8 Å². The largest absolute Gasteiger partial charge is 0.375 e. The molecule has 0 saturated heterocycles. The molecule has 0 aliphatic heterocycles. The standard InChI is InChI=1S/C13H15ClFNO4S/c1-9(2)8-20-4-3-16-13(17)10-5-11(15)7-12(6-10)21(14,18)19/h5-7H,1,3-4,8H2,2H3,(H,16,17). The van der Waals surface area contributed by atoms with Crippen molar-refractivity contribution in [1.29, 1.82) is 0 Å². The third kappa shape index (κ3) is 6.24. The quantitative estimate of drug-likeness (QED) is 0.470. The lowest BCUT2D eigenvalue weighted by Gasteiger charge is -2.07. The molecule has 0 bridgehead atoms. The van der Waals surface area contributed by atoms with Crippen molar-refractivity contribution in [3.8, 4) is 0 Å². The average molecular weight is 336 g/mol. The minimum absolute atomic E-state index is 0.130. The lowest BCUT2D eigenvalue weighted by molar-refractivity contribution is 0.0926. The predicted octanol–water partition coefficient (Wildman–Crippen LogP) is 2.08. The Kier molecular flexibility index (Phi) is 6.32. The highest BCUT2D eigenvalue weighted by molar-refractivity contribution is 8.13. The fraction of sp³-hybridized carbons (Fsp3) is 0.308. The van der Waals surface area contributed by atoms with Gasteiger partial charge >= 0.3 is 0 Å². The first-order valence-electron chi connectivity index (χ1n) is 5.95. The van der Waals surface area contributed by atoms with Crippen LogP contribution in [0.3, 0.4) is 0 Å². The van der Waals surface area contributed by atoms with Crippen molar-refractivity contribution in [1.82, 2.24) is 5.32 Å². The molecule has 0 atom stereocenters. The number of hydrogen-bond donors (Lipinski definition) is 1. The number of halogens is 2. The van der Waals surface area contributed by atoms with Crippen LogP contribution in [-0.4, -0.2) is 34.1 Å². The smallest absolute Gasteiger partial charge is 0.261 e. The van der Waals surface area contributed by atoms with E-state index in [9.17, 15) is 17.6 Å². The molecular formula is C13H15ClFNO4S. The van der Waals surface area contributed by atoms with Crippen molar-refractivity contribution >= 4 is 25.6 Å². The van der Waals surface area contributed by atoms with E-state index in [2.05, 4.69) is 11.9 Å². The fourth-order valence-corrected chi connectivity index (χ4v) is 2.21. The van der Waals surface area contributed by atoms with Gasteiger partial charge < -0.3 is 10.1 Å². The van der Waals surface area contributed by atoms with Crippen LogP contribution in [0, 0.1) is 5.82 Å². The zero-order valence-electron chi connectivity index (χ0n) is 11.4. The fourth-order valence-electron chi connectivity index (χ4n) is 1.42. The van der Waals surface area contributed by atoms with Crippen molar-refractivity contribution in [2.24, 2.45) is 0 Å². The minimum Gasteiger partial charge on any atom is -0.375 e. The monoisotopic (exact) mass is 335 g/mol. The Morgan fingerprint density at radius 3 is 2.67 bits per heavy atom. The Balaban J connectivity index is 2.66. The van der Waals surface area contributed by atoms with Crippen LogP contribution < -0.4 is 5.32 Å². The van der Waals surface area contributed by atoms with Crippen molar-refractivity contribution in [3.63, 3.8) is 0 Å². The predicted molar refractivity (Wildman–Crippen MR) is 77.4 cm³/mol. The van der Waals surface area contributed by atoms with Gasteiger partial charge in [-0.3, -0.25) is 4.79 Å². The number of hydrogen-bond acceptors (Lipinski definition) is 4. The Morgan fingerprint density at radius 1 is 1.43 bits per heavy atom. The molecule has 21 heavy (non-hydrogen) atoms. The molecule has 1 aromatic rings. The van der Waals surface area contributed by atoms with E-state index < -0.39 is 25.7 Å². The van der Waals surface area contributed by atoms with Crippen molar-refractivity contribution in [2.45, 2.75) is 11.8 Å². The number of carbonyl (C=O) groups excluding carboxylic acids is 1. The molecule has 0 unspecified atom stereocenters. The van der Waals surface area contributed by atoms with E-state index in [1.54, 1.807) is 6.92 Å². The van der Waals surface area contributed by atoms with E-state index in [1.165, 1.54) is 0 Å². The maximum atomic E-state index is 13.3. The second-order valence-corrected chi connectivity index (χ2v) is 6.94. The number of rotatable bonds is 7. The highest BCUT2D eigenvalue weighted by Crippen LogP contribution is 2.18. The van der Waals surface area contributed by atoms with Crippen molar-refractivity contribution in [2.75, 3.05) is 19.8 Å². The first kappa shape index (κ1) is 17.6. The molecule has 0 heterocycles. The summed E-state index contributed by atoms with van der Waals surface area (Å²) in [5, 5.41) is 2.48. The van der Waals surface area contributed by atoms with Crippen molar-refractivity contribution in [3.05, 3.63) is 41.7 Å². The normalized spacial score (nSPS) is 11.2. The van der Waals surface area contributed by atoms with Gasteiger partial charge in [-0.25, -0.2) is 12.8 Å². The Morgan fingerprint density at radius 2 is 2.10 bits per heavy atom. The van der Waals surface area contributed by atoms with Gasteiger partial charge in [0.2, 0.25) is 0 Å². The summed E-state index contributed by atoms with van der Waals surface area (Å²) < 4.78 is 40.8. The summed E-state index contributed by atoms with van der Waals surface area (Å²) >= 11 is 0. The molecule has 0 aliphatic carbocycles. The van der Waals surface area contributed by atoms with Gasteiger partial charge in [0.05, 0.1) is 18.1 Å². The van der Waals surface area contributed by atoms with Crippen LogP contribution in [0.15, 0.2) is 35.2 Å². The van der Waals surface area contributed by atoms with Crippen LogP contribution in [0.4, 0.5) is 4.39 Å². The first-order chi connectivity index (χ1) is 9.70. The van der Waals surface area contributed by atoms with Crippen LogP contribution in [-0.2, 0) is 13.8 Å². The summed E-state index contributed by atoms with van der Waals surface area (Å²) in [6.45, 7) is 6.30. The van der Waals surface area contributed by atoms with Gasteiger partial charge in [-0.1, -0.05) is 12.2 Å². The summed E-state index contributed by atoms with van der Waals surface area (Å²) in [5.74, 6) is -1.48. The Labute approximate surface area is 127 Å². The van der Waals surface area contributed by atoms with Gasteiger partial charge in [0.15, 0.2) is 0 Å². The molecular weight excluding hydrogens is 321 g/mol. The summed E-state index contributed by atoms with van der Waals surface area (Å²) in [7, 11) is 1.03. The number of amides is 1. The molecule has 0 fully saturated rings. The molecule has 1 rings (SSSR count). The zero-order valence-corrected chi connectivity index (χ0v) is 12.9. The summed E-state index contributed by atoms with van der Waals surface area (Å²) in [4.78, 5) is 11.3.